The monoisotopic (exact) mass is 426 g/mol. The van der Waals surface area contributed by atoms with Crippen LogP contribution >= 0.6 is 0 Å². The second-order valence-corrected chi connectivity index (χ2v) is 8.53. The van der Waals surface area contributed by atoms with Crippen LogP contribution < -0.4 is 20.1 Å². The summed E-state index contributed by atoms with van der Waals surface area (Å²) in [5.41, 5.74) is 2.03. The molecule has 1 aliphatic carbocycles. The third kappa shape index (κ3) is 5.49. The van der Waals surface area contributed by atoms with Crippen LogP contribution in [0.3, 0.4) is 0 Å². The van der Waals surface area contributed by atoms with E-state index in [9.17, 15) is 9.18 Å². The fourth-order valence-electron chi connectivity index (χ4n) is 4.59. The third-order valence-corrected chi connectivity index (χ3v) is 6.38. The molecule has 1 aliphatic heterocycles. The number of amides is 1. The van der Waals surface area contributed by atoms with Crippen LogP contribution in [0.5, 0.6) is 11.5 Å². The van der Waals surface area contributed by atoms with Gasteiger partial charge in [0.2, 0.25) is 5.91 Å². The van der Waals surface area contributed by atoms with Crippen LogP contribution in [0.4, 0.5) is 10.1 Å². The topological polar surface area (TPSA) is 59.6 Å². The van der Waals surface area contributed by atoms with E-state index in [0.717, 1.165) is 42.9 Å². The maximum Gasteiger partial charge on any atom is 0.223 e. The van der Waals surface area contributed by atoms with Crippen molar-refractivity contribution in [3.63, 3.8) is 0 Å². The van der Waals surface area contributed by atoms with Crippen molar-refractivity contribution in [1.82, 2.24) is 5.32 Å². The van der Waals surface area contributed by atoms with Gasteiger partial charge in [0.25, 0.3) is 0 Å². The van der Waals surface area contributed by atoms with Gasteiger partial charge in [-0.3, -0.25) is 4.79 Å². The van der Waals surface area contributed by atoms with Gasteiger partial charge in [-0.1, -0.05) is 6.07 Å². The molecule has 1 saturated carbocycles. The van der Waals surface area contributed by atoms with Crippen LogP contribution in [0.25, 0.3) is 0 Å². The van der Waals surface area contributed by atoms with E-state index in [4.69, 9.17) is 9.47 Å². The first kappa shape index (κ1) is 21.5. The molecule has 2 N–H and O–H groups in total. The molecule has 6 heteroatoms. The number of benzene rings is 2. The van der Waals surface area contributed by atoms with Crippen molar-refractivity contribution in [2.75, 3.05) is 25.5 Å². The Labute approximate surface area is 183 Å². The molecule has 1 heterocycles. The van der Waals surface area contributed by atoms with Gasteiger partial charge in [0.15, 0.2) is 11.5 Å². The van der Waals surface area contributed by atoms with Gasteiger partial charge in [-0.2, -0.15) is 0 Å². The van der Waals surface area contributed by atoms with Crippen LogP contribution in [0.2, 0.25) is 0 Å². The average Bonchev–Trinajstić information content (AvgIpc) is 3.29. The van der Waals surface area contributed by atoms with E-state index >= 15 is 0 Å². The first-order valence-electron chi connectivity index (χ1n) is 11.2. The molecule has 2 aromatic carbocycles. The second kappa shape index (κ2) is 10.0. The van der Waals surface area contributed by atoms with Crippen LogP contribution in [-0.4, -0.2) is 32.2 Å². The van der Waals surface area contributed by atoms with E-state index in [0.29, 0.717) is 13.1 Å². The molecular formula is C25H31FN2O3. The maximum atomic E-state index is 13.0. The molecule has 5 nitrogen and oxygen atoms in total. The Morgan fingerprint density at radius 1 is 1.10 bits per heavy atom. The lowest BCUT2D eigenvalue weighted by Gasteiger charge is -2.30. The first-order chi connectivity index (χ1) is 15.1. The van der Waals surface area contributed by atoms with Gasteiger partial charge in [-0.05, 0) is 80.5 Å². The molecule has 0 radical (unpaired) electrons. The highest BCUT2D eigenvalue weighted by molar-refractivity contribution is 5.79. The summed E-state index contributed by atoms with van der Waals surface area (Å²) in [6, 6.07) is 12.4. The summed E-state index contributed by atoms with van der Waals surface area (Å²) in [6.45, 7) is 1.30. The largest absolute Gasteiger partial charge is 0.493 e. The highest BCUT2D eigenvalue weighted by Crippen LogP contribution is 2.37. The van der Waals surface area contributed by atoms with Crippen molar-refractivity contribution in [2.45, 2.75) is 50.5 Å². The minimum atomic E-state index is -0.254. The maximum absolute atomic E-state index is 13.0. The SMILES string of the molecule is COc1ccc([C@H]2CNC(=O)[C@@H](CCNc3ccc(F)cc3)C2)cc1OC1CCCC1. The molecule has 1 amide bonds. The van der Waals surface area contributed by atoms with E-state index in [1.165, 1.54) is 30.5 Å². The first-order valence-corrected chi connectivity index (χ1v) is 11.2. The number of carbonyl (C=O) groups excluding carboxylic acids is 1. The van der Waals surface area contributed by atoms with Crippen LogP contribution in [0.15, 0.2) is 42.5 Å². The van der Waals surface area contributed by atoms with E-state index in [1.54, 1.807) is 19.2 Å². The molecule has 31 heavy (non-hydrogen) atoms. The number of carbonyl (C=O) groups is 1. The van der Waals surface area contributed by atoms with Crippen LogP contribution in [-0.2, 0) is 4.79 Å². The number of halogens is 1. The van der Waals surface area contributed by atoms with E-state index < -0.39 is 0 Å². The zero-order chi connectivity index (χ0) is 21.6. The predicted octanol–water partition coefficient (Wildman–Crippen LogP) is 4.88. The summed E-state index contributed by atoms with van der Waals surface area (Å²) in [6.07, 6.45) is 6.41. The molecule has 1 saturated heterocycles. The molecule has 0 spiro atoms. The zero-order valence-corrected chi connectivity index (χ0v) is 18.0. The Kier molecular flexibility index (Phi) is 6.95. The lowest BCUT2D eigenvalue weighted by molar-refractivity contribution is -0.127. The van der Waals surface area contributed by atoms with Crippen molar-refractivity contribution in [3.8, 4) is 11.5 Å². The summed E-state index contributed by atoms with van der Waals surface area (Å²) in [7, 11) is 1.67. The summed E-state index contributed by atoms with van der Waals surface area (Å²) >= 11 is 0. The molecule has 4 rings (SSSR count). The molecule has 2 aliphatic rings. The van der Waals surface area contributed by atoms with E-state index in [2.05, 4.69) is 22.8 Å². The highest BCUT2D eigenvalue weighted by Gasteiger charge is 2.30. The van der Waals surface area contributed by atoms with Gasteiger partial charge in [-0.15, -0.1) is 0 Å². The van der Waals surface area contributed by atoms with Gasteiger partial charge in [0.1, 0.15) is 5.82 Å². The van der Waals surface area contributed by atoms with Crippen LogP contribution in [0, 0.1) is 11.7 Å². The Morgan fingerprint density at radius 2 is 1.87 bits per heavy atom. The Balaban J connectivity index is 1.38. The Hall–Kier alpha value is -2.76. The lowest BCUT2D eigenvalue weighted by Crippen LogP contribution is -2.41. The molecular weight excluding hydrogens is 395 g/mol. The summed E-state index contributed by atoms with van der Waals surface area (Å²) in [5, 5.41) is 6.35. The molecule has 0 bridgehead atoms. The predicted molar refractivity (Wildman–Crippen MR) is 119 cm³/mol. The van der Waals surface area contributed by atoms with Gasteiger partial charge in [0, 0.05) is 30.6 Å². The number of methoxy groups -OCH3 is 1. The molecule has 2 atom stereocenters. The minimum absolute atomic E-state index is 0.0620. The number of hydrogen-bond acceptors (Lipinski definition) is 4. The second-order valence-electron chi connectivity index (χ2n) is 8.53. The standard InChI is InChI=1S/C25H31FN2O3/c1-30-23-11-6-17(15-24(23)31-22-4-2-3-5-22)19-14-18(25(29)28-16-19)12-13-27-21-9-7-20(26)8-10-21/h6-11,15,18-19,22,27H,2-5,12-14,16H2,1H3,(H,28,29)/t18-,19+/m0/s1. The van der Waals surface area contributed by atoms with Crippen molar-refractivity contribution >= 4 is 11.6 Å². The van der Waals surface area contributed by atoms with Crippen molar-refractivity contribution in [1.29, 1.82) is 0 Å². The number of hydrogen-bond donors (Lipinski definition) is 2. The Morgan fingerprint density at radius 3 is 2.61 bits per heavy atom. The smallest absolute Gasteiger partial charge is 0.223 e. The van der Waals surface area contributed by atoms with Gasteiger partial charge in [0.05, 0.1) is 13.2 Å². The number of nitrogens with one attached hydrogen (secondary N) is 2. The fourth-order valence-corrected chi connectivity index (χ4v) is 4.59. The molecule has 2 fully saturated rings. The molecule has 166 valence electrons. The van der Waals surface area contributed by atoms with Gasteiger partial charge < -0.3 is 20.1 Å². The summed E-state index contributed by atoms with van der Waals surface area (Å²) < 4.78 is 24.8. The Bertz CT molecular complexity index is 881. The van der Waals surface area contributed by atoms with E-state index in [-0.39, 0.29) is 29.7 Å². The van der Waals surface area contributed by atoms with Crippen LogP contribution in [0.1, 0.15) is 50.0 Å². The average molecular weight is 427 g/mol. The van der Waals surface area contributed by atoms with Gasteiger partial charge >= 0.3 is 0 Å². The van der Waals surface area contributed by atoms with Crippen molar-refractivity contribution in [3.05, 3.63) is 53.8 Å². The number of ether oxygens (including phenoxy) is 2. The van der Waals surface area contributed by atoms with Crippen molar-refractivity contribution in [2.24, 2.45) is 5.92 Å². The summed E-state index contributed by atoms with van der Waals surface area (Å²) in [4.78, 5) is 12.4. The van der Waals surface area contributed by atoms with Crippen molar-refractivity contribution < 1.29 is 18.7 Å². The van der Waals surface area contributed by atoms with E-state index in [1.807, 2.05) is 6.07 Å². The molecule has 0 unspecified atom stereocenters. The minimum Gasteiger partial charge on any atom is -0.493 e. The number of anilines is 1. The quantitative estimate of drug-likeness (QED) is 0.632. The summed E-state index contributed by atoms with van der Waals surface area (Å²) in [5.74, 6) is 1.59. The fraction of sp³-hybridized carbons (Fsp3) is 0.480. The third-order valence-electron chi connectivity index (χ3n) is 6.38. The zero-order valence-electron chi connectivity index (χ0n) is 18.0. The number of piperidine rings is 1. The number of rotatable bonds is 8. The normalized spacial score (nSPS) is 21.5. The highest BCUT2D eigenvalue weighted by atomic mass is 19.1. The molecule has 0 aromatic heterocycles. The van der Waals surface area contributed by atoms with Gasteiger partial charge in [-0.25, -0.2) is 4.39 Å². The molecule has 2 aromatic rings. The lowest BCUT2D eigenvalue weighted by atomic mass is 9.83.